The number of amides is 1. The van der Waals surface area contributed by atoms with Gasteiger partial charge in [0.15, 0.2) is 81.1 Å². The van der Waals surface area contributed by atoms with Crippen LogP contribution in [0.25, 0.3) is 0 Å². The minimum atomic E-state index is -2.37. The third-order valence-electron chi connectivity index (χ3n) is 34.3. The third-order valence-corrected chi connectivity index (χ3v) is 34.3. The number of ether oxygens (including phenoxy) is 8. The molecule has 2 aliphatic heterocycles. The van der Waals surface area contributed by atoms with Crippen LogP contribution in [-0.2, 0) is 72.3 Å². The molecular formula is C110H121F6N3O24. The highest BCUT2D eigenvalue weighted by Crippen LogP contribution is 2.77. The van der Waals surface area contributed by atoms with Gasteiger partial charge in [-0.3, -0.25) is 38.9 Å². The predicted octanol–water partition coefficient (Wildman–Crippen LogP) is 14.0. The van der Waals surface area contributed by atoms with Gasteiger partial charge >= 0.3 is 6.09 Å². The molecule has 0 radical (unpaired) electrons. The van der Waals surface area contributed by atoms with Crippen LogP contribution in [0, 0.1) is 68.0 Å². The molecule has 12 aliphatic carbocycles. The number of Topliss-reactive ketones (excluding diaryl/α,β-unsaturated/α-hetero) is 3. The van der Waals surface area contributed by atoms with Gasteiger partial charge in [-0.25, -0.2) is 31.1 Å². The summed E-state index contributed by atoms with van der Waals surface area (Å²) in [6, 6.07) is 43.1. The fourth-order valence-electron chi connectivity index (χ4n) is 27.4. The molecule has 0 aromatic heterocycles. The summed E-state index contributed by atoms with van der Waals surface area (Å²) < 4.78 is 147. The number of rotatable bonds is 19. The number of benzene rings is 6. The summed E-state index contributed by atoms with van der Waals surface area (Å²) in [6.45, 7) is 13.2. The molecule has 27 nitrogen and oxygen atoms in total. The molecule has 14 aliphatic rings. The molecule has 2 heterocycles. The van der Waals surface area contributed by atoms with Crippen LogP contribution >= 0.6 is 0 Å². The van der Waals surface area contributed by atoms with E-state index in [1.807, 2.05) is 75.4 Å². The number of aliphatic hydroxyl groups excluding tert-OH is 7. The molecule has 20 rings (SSSR count). The van der Waals surface area contributed by atoms with Gasteiger partial charge < -0.3 is 90.2 Å². The number of halogens is 6. The second kappa shape index (κ2) is 37.7. The van der Waals surface area contributed by atoms with Gasteiger partial charge in [0.05, 0.1) is 36.6 Å². The Balaban J connectivity index is 0.000000135. The monoisotopic (exact) mass is 1980 g/mol. The number of nitrogens with two attached hydrogens (primary N) is 2. The molecule has 0 bridgehead atoms. The number of alkyl halides is 6. The minimum Gasteiger partial charge on any atom is -0.489 e. The topological polar surface area (TPSA) is 436 Å². The van der Waals surface area contributed by atoms with Gasteiger partial charge in [-0.15, -0.1) is 0 Å². The number of ketones is 6. The number of aliphatic hydroxyl groups is 8. The van der Waals surface area contributed by atoms with Crippen molar-refractivity contribution in [2.75, 3.05) is 36.6 Å². The number of anilines is 3. The average Bonchev–Trinajstić information content (AvgIpc) is 1.49. The Morgan fingerprint density at radius 3 is 1.15 bits per heavy atom. The molecule has 6 aromatic rings. The highest BCUT2D eigenvalue weighted by Gasteiger charge is 2.84. The first-order chi connectivity index (χ1) is 67.5. The minimum absolute atomic E-state index is 0.0216. The number of carbonyl (C=O) groups excluding carboxylic acids is 8. The van der Waals surface area contributed by atoms with Crippen molar-refractivity contribution in [2.45, 2.75) is 247 Å². The third kappa shape index (κ3) is 16.6. The molecule has 2 saturated heterocycles. The maximum absolute atomic E-state index is 17.5. The first-order valence-electron chi connectivity index (χ1n) is 48.3. The number of hydrogen-bond acceptors (Lipinski definition) is 26. The molecule has 33 heteroatoms. The van der Waals surface area contributed by atoms with Gasteiger partial charge in [0, 0.05) is 84.0 Å². The van der Waals surface area contributed by atoms with Crippen molar-refractivity contribution in [2.24, 2.45) is 68.0 Å². The van der Waals surface area contributed by atoms with Gasteiger partial charge in [0.25, 0.3) is 0 Å². The molecule has 1 amide bonds. The molecule has 762 valence electrons. The lowest BCUT2D eigenvalue weighted by Gasteiger charge is -2.63. The Morgan fingerprint density at radius 2 is 0.797 bits per heavy atom. The first kappa shape index (κ1) is 103. The van der Waals surface area contributed by atoms with E-state index in [0.29, 0.717) is 70.8 Å². The number of nitrogen functional groups attached to an aromatic ring is 2. The standard InChI is InChI=1S/2C35H37F2NO7.C21H26F2O6.C19H21NO4/c2*1-32-11-10-22(40)13-26(32)27(36)14-25-24-15-30-35(29(42)17-39,33(24,2)16-28(41)34(25,32)37)45-31(44-30)20-6-8-23(9-7-20)43-18-19-4-3-5-21(38)12-19;1-18-4-3-10(25)5-13(18)14(22)6-12-11-7-15(26)21(29,17(28)9-24)19(11,2)8-16(27)20(12,18)23;1-19(2,3)24-18(22)20-16-6-4-5-15(11-16)13-23-17-9-7-14(12-21)8-10-17/h2*3-13,24-25,27-28,30-31,39,41H,14-18,38H2,1-2H3;3-5,11-12,14-16,24,26-27,29H,6-9H2,1-2H3;4-12H,13H2,1-3H3,(H,20,22)/t24-,25-,27-,28-,30+,31+,32-,33-,34-,35+;24-,25-,27-,28-,30+,31-,32-,33-,34-,35+;11-,12-,14-,15+,16-,18-,19-,20-,21-;/m000./s1. The fourth-order valence-corrected chi connectivity index (χ4v) is 27.4. The van der Waals surface area contributed by atoms with Crippen LogP contribution in [0.2, 0.25) is 0 Å². The van der Waals surface area contributed by atoms with E-state index in [2.05, 4.69) is 5.32 Å². The normalized spacial score (nSPS) is 38.8. The van der Waals surface area contributed by atoms with Crippen LogP contribution in [0.4, 0.5) is 48.2 Å². The molecule has 9 saturated carbocycles. The second-order valence-corrected chi connectivity index (χ2v) is 42.9. The van der Waals surface area contributed by atoms with Gasteiger partial charge in [0.1, 0.15) is 87.3 Å². The van der Waals surface area contributed by atoms with E-state index in [-0.39, 0.29) is 74.5 Å². The van der Waals surface area contributed by atoms with Crippen LogP contribution in [0.15, 0.2) is 217 Å². The highest BCUT2D eigenvalue weighted by atomic mass is 19.2. The van der Waals surface area contributed by atoms with Crippen LogP contribution in [0.5, 0.6) is 17.2 Å². The summed E-state index contributed by atoms with van der Waals surface area (Å²) >= 11 is 0. The summed E-state index contributed by atoms with van der Waals surface area (Å²) in [4.78, 5) is 98.2. The largest absolute Gasteiger partial charge is 0.489 e. The Kier molecular flexibility index (Phi) is 27.2. The summed E-state index contributed by atoms with van der Waals surface area (Å²) in [6.07, 6.45) is -5.03. The van der Waals surface area contributed by atoms with E-state index >= 15 is 26.3 Å². The van der Waals surface area contributed by atoms with E-state index in [1.54, 1.807) is 105 Å². The highest BCUT2D eigenvalue weighted by molar-refractivity contribution is 6.03. The Bertz CT molecular complexity index is 5960. The second-order valence-electron chi connectivity index (χ2n) is 42.9. The quantitative estimate of drug-likeness (QED) is 0.0204. The molecule has 6 aromatic carbocycles. The summed E-state index contributed by atoms with van der Waals surface area (Å²) in [5.74, 6) is -6.81. The molecule has 143 heavy (non-hydrogen) atoms. The van der Waals surface area contributed by atoms with Crippen molar-refractivity contribution in [3.8, 4) is 17.2 Å². The predicted molar refractivity (Wildman–Crippen MR) is 508 cm³/mol. The van der Waals surface area contributed by atoms with Gasteiger partial charge in [0.2, 0.25) is 0 Å². The van der Waals surface area contributed by atoms with Crippen LogP contribution in [-0.4, -0.2) is 202 Å². The summed E-state index contributed by atoms with van der Waals surface area (Å²) in [7, 11) is 0. The zero-order valence-electron chi connectivity index (χ0n) is 80.6. The molecular weight excluding hydrogens is 1860 g/mol. The lowest BCUT2D eigenvalue weighted by atomic mass is 9.44. The zero-order valence-corrected chi connectivity index (χ0v) is 80.6. The lowest BCUT2D eigenvalue weighted by Crippen LogP contribution is -2.70. The maximum Gasteiger partial charge on any atom is 0.412 e. The molecule has 13 N–H and O–H groups in total. The Hall–Kier alpha value is -11.2. The molecule has 29 atom stereocenters. The van der Waals surface area contributed by atoms with E-state index in [9.17, 15) is 79.2 Å². The van der Waals surface area contributed by atoms with E-state index < -0.39 is 236 Å². The van der Waals surface area contributed by atoms with E-state index in [4.69, 9.17) is 49.4 Å². The zero-order chi connectivity index (χ0) is 103. The molecule has 11 fully saturated rings. The number of nitrogens with one attached hydrogen (secondary N) is 1. The Morgan fingerprint density at radius 1 is 0.455 bits per heavy atom. The average molecular weight is 1980 g/mol. The number of aldehydes is 1. The van der Waals surface area contributed by atoms with E-state index in [1.165, 1.54) is 58.1 Å². The van der Waals surface area contributed by atoms with Crippen molar-refractivity contribution in [3.63, 3.8) is 0 Å². The van der Waals surface area contributed by atoms with Crippen LogP contribution in [0.1, 0.15) is 171 Å². The number of allylic oxidation sites excluding steroid dienone is 12. The number of fused-ring (bicyclic) bond motifs is 19. The van der Waals surface area contributed by atoms with Crippen molar-refractivity contribution in [1.82, 2.24) is 0 Å². The van der Waals surface area contributed by atoms with Gasteiger partial charge in [-0.1, -0.05) is 99.7 Å². The van der Waals surface area contributed by atoms with Crippen molar-refractivity contribution >= 4 is 64.1 Å². The fraction of sp³-hybridized carbons (Fsp3) is 0.491. The SMILES string of the molecule is CC(C)(C)OC(=O)Nc1cccc(COc2ccc(C=O)cc2)c1.C[C@]12C=CC(=O)C=C1[C@@H](F)C[C@H]1[C@@H]3C[C@@H](O)[C@](O)(C(=O)CO)[C@@]3(C)C[C@H](O)[C@@]12F.C[C@]12C=CC(=O)C=C1[C@@H](F)C[C@H]1[C@@H]3C[C@H]4O[C@@H](c5ccc(OCc6cccc(N)c6)cc5)O[C@@]4(C(=O)CO)[C@@]3(C)C[C@H](O)[C@@]12F.C[C@]12C=CC(=O)C=C1[C@@H](F)C[C@H]1[C@@H]3C[C@H]4O[C@H](c5ccc(OCc6cccc(N)c6)cc5)O[C@@]4(C(=O)CO)[C@@]3(C)C[C@H](O)[C@@]12F. The molecule has 0 spiro atoms. The maximum atomic E-state index is 17.5. The first-order valence-corrected chi connectivity index (χ1v) is 48.3. The smallest absolute Gasteiger partial charge is 0.412 e. The van der Waals surface area contributed by atoms with Gasteiger partial charge in [-0.2, -0.15) is 0 Å². The van der Waals surface area contributed by atoms with Crippen molar-refractivity contribution < 1.29 is 143 Å². The summed E-state index contributed by atoms with van der Waals surface area (Å²) in [5.41, 5.74) is -3.48. The Labute approximate surface area is 822 Å². The van der Waals surface area contributed by atoms with Crippen molar-refractivity contribution in [3.05, 3.63) is 250 Å². The lowest BCUT2D eigenvalue weighted by molar-refractivity contribution is -0.235. The summed E-state index contributed by atoms with van der Waals surface area (Å²) in [5, 5.41) is 88.3. The van der Waals surface area contributed by atoms with Gasteiger partial charge in [-0.05, 0) is 272 Å². The number of hydrogen-bond donors (Lipinski definition) is 11. The van der Waals surface area contributed by atoms with Crippen molar-refractivity contribution in [1.29, 1.82) is 0 Å². The van der Waals surface area contributed by atoms with E-state index in [0.717, 1.165) is 47.3 Å². The molecule has 0 unspecified atom stereocenters. The van der Waals surface area contributed by atoms with Crippen LogP contribution < -0.4 is 31.0 Å². The number of carbonyl (C=O) groups is 8. The van der Waals surface area contributed by atoms with Crippen LogP contribution in [0.3, 0.4) is 0 Å².